The number of carbonyl (C=O) groups excluding carboxylic acids is 2. The third-order valence-corrected chi connectivity index (χ3v) is 44.8. The lowest BCUT2D eigenvalue weighted by atomic mass is 10.1. The lowest BCUT2D eigenvalue weighted by Crippen LogP contribution is -2.49. The standard InChI is InChI=1S/C18H33NO4Si2.C9H28O3Si4.C7H20O3Si3.C7H22O2Si3.12CH4/c1-13(11-14(2)19(5)6)17(16(4)20)18(21)22-12-15(3)25(9,10)23-24(7)8;1-13(10-14(2,3)4)11-16(8,9)12-15(5,6)7;1-11-9-12(2,3)7-6-8-13(4,5)10-11;1-10(8-11(2,3)4)9-12(5,6)7;;;;;;;;;;;;/h11,24H,3,12H2,1-2,4-10H3;13H,1-9H3;11H,6-7H2,1-5H3;10H,1-7H3;12*1H4/b14-11-,17-13+;;;;;;;;;;;;;;;. The van der Waals surface area contributed by atoms with Crippen LogP contribution in [0.15, 0.2) is 34.7 Å². The second-order valence-electron chi connectivity index (χ2n) is 23.3. The number of esters is 1. The summed E-state index contributed by atoms with van der Waals surface area (Å²) in [4.78, 5) is 26.3. The predicted octanol–water partition coefficient (Wildman–Crippen LogP) is 18.4. The Balaban J connectivity index is -0.0000000514. The minimum atomic E-state index is -2.10. The predicted molar refractivity (Wildman–Crippen MR) is 392 cm³/mol. The molecule has 0 bridgehead atoms. The van der Waals surface area contributed by atoms with Gasteiger partial charge >= 0.3 is 23.1 Å². The number of ether oxygens (including phenoxy) is 1. The third kappa shape index (κ3) is 67.2. The number of hydrogen-bond donors (Lipinski definition) is 0. The molecule has 0 aliphatic carbocycles. The van der Waals surface area contributed by atoms with Gasteiger partial charge in [0.1, 0.15) is 12.2 Å². The molecule has 0 spiro atoms. The monoisotopic (exact) mass is 1330 g/mol. The van der Waals surface area contributed by atoms with Gasteiger partial charge in [-0.05, 0) is 207 Å². The van der Waals surface area contributed by atoms with E-state index in [1.165, 1.54) is 6.92 Å². The average Bonchev–Trinajstić information content (AvgIpc) is 2.97. The van der Waals surface area contributed by atoms with Gasteiger partial charge in [-0.2, -0.15) is 0 Å². The Morgan fingerprint density at radius 2 is 0.962 bits per heavy atom. The first kappa shape index (κ1) is 117. The Morgan fingerprint density at radius 3 is 1.27 bits per heavy atom. The first-order valence-corrected chi connectivity index (χ1v) is 57.9. The van der Waals surface area contributed by atoms with Gasteiger partial charge in [-0.25, -0.2) is 4.79 Å². The summed E-state index contributed by atoms with van der Waals surface area (Å²) in [6, 6.07) is 1.10. The molecule has 1 rings (SSSR count). The molecule has 78 heavy (non-hydrogen) atoms. The molecule has 1 heterocycles. The number of hydrogen-bond acceptors (Lipinski definition) is 13. The molecule has 488 valence electrons. The molecular formula is C53H151NO12Si12. The van der Waals surface area contributed by atoms with Gasteiger partial charge in [0.15, 0.2) is 56.4 Å². The highest BCUT2D eigenvalue weighted by molar-refractivity contribution is 6.85. The van der Waals surface area contributed by atoms with E-state index in [4.69, 9.17) is 42.1 Å². The summed E-state index contributed by atoms with van der Waals surface area (Å²) in [5, 5.41) is 0.808. The van der Waals surface area contributed by atoms with Crippen molar-refractivity contribution < 1.29 is 51.7 Å². The summed E-state index contributed by atoms with van der Waals surface area (Å²) >= 11 is 0. The maximum absolute atomic E-state index is 12.4. The molecule has 0 radical (unpaired) electrons. The first-order chi connectivity index (χ1) is 29.0. The lowest BCUT2D eigenvalue weighted by Gasteiger charge is -2.35. The van der Waals surface area contributed by atoms with Crippen molar-refractivity contribution in [1.82, 2.24) is 4.90 Å². The van der Waals surface area contributed by atoms with E-state index in [2.05, 4.69) is 157 Å². The van der Waals surface area contributed by atoms with Gasteiger partial charge in [0.2, 0.25) is 8.32 Å². The molecule has 25 heteroatoms. The normalized spacial score (nSPS) is 15.4. The van der Waals surface area contributed by atoms with E-state index in [0.717, 1.165) is 23.5 Å². The van der Waals surface area contributed by atoms with Gasteiger partial charge in [-0.3, -0.25) is 4.79 Å². The van der Waals surface area contributed by atoms with Crippen LogP contribution < -0.4 is 0 Å². The smallest absolute Gasteiger partial charge is 0.342 e. The molecule has 1 saturated heterocycles. The fourth-order valence-electron chi connectivity index (χ4n) is 6.38. The van der Waals surface area contributed by atoms with Crippen molar-refractivity contribution in [1.29, 1.82) is 0 Å². The highest BCUT2D eigenvalue weighted by Crippen LogP contribution is 2.22. The zero-order valence-electron chi connectivity index (χ0n) is 48.1. The first-order valence-electron chi connectivity index (χ1n) is 23.5. The summed E-state index contributed by atoms with van der Waals surface area (Å²) in [5.74, 6) is -0.918. The second-order valence-corrected chi connectivity index (χ2v) is 66.7. The molecule has 2 unspecified atom stereocenters. The molecule has 1 aliphatic rings. The van der Waals surface area contributed by atoms with Crippen LogP contribution >= 0.6 is 0 Å². The molecule has 0 saturated carbocycles. The largest absolute Gasteiger partial charge is 0.458 e. The summed E-state index contributed by atoms with van der Waals surface area (Å²) in [7, 11) is -14.7. The van der Waals surface area contributed by atoms with Crippen molar-refractivity contribution in [2.75, 3.05) is 27.3 Å². The molecule has 0 aromatic carbocycles. The summed E-state index contributed by atoms with van der Waals surface area (Å²) < 4.78 is 59.2. The average molecular weight is 1330 g/mol. The van der Waals surface area contributed by atoms with Crippen LogP contribution in [0.1, 0.15) is 110 Å². The van der Waals surface area contributed by atoms with E-state index in [1.807, 2.05) is 39.0 Å². The SMILES string of the molecule is C.C.C.C.C.C.C.C.C.C.C.C.C=C(COC(=O)/C(C(C)=O)=C(C)/C=C(/C)N(C)C)[Si](C)(C)O[SiH](C)C.C[SiH](O[Si](C)(C)C)O[Si](C)(C)C.C[SiH](O[Si](C)(C)C)O[Si](C)(C)O[Si](C)(C)C.C[SiH]1O[Si](C)(C)CCO[Si](C)(C)O1. The van der Waals surface area contributed by atoms with Crippen LogP contribution in [-0.4, -0.2) is 148 Å². The van der Waals surface area contributed by atoms with Gasteiger partial charge < -0.3 is 47.0 Å². The molecule has 0 aromatic heterocycles. The maximum Gasteiger partial charge on any atom is 0.342 e. The molecule has 13 nitrogen and oxygen atoms in total. The van der Waals surface area contributed by atoms with Gasteiger partial charge in [0, 0.05) is 26.4 Å². The van der Waals surface area contributed by atoms with Crippen LogP contribution in [0.5, 0.6) is 0 Å². The fraction of sp³-hybridized carbons (Fsp3) is 0.849. The fourth-order valence-corrected chi connectivity index (χ4v) is 44.7. The van der Waals surface area contributed by atoms with Crippen molar-refractivity contribution >= 4 is 116 Å². The summed E-state index contributed by atoms with van der Waals surface area (Å²) in [6.07, 6.45) is 1.80. The lowest BCUT2D eigenvalue weighted by molar-refractivity contribution is -0.139. The Bertz CT molecular complexity index is 1520. The van der Waals surface area contributed by atoms with Crippen molar-refractivity contribution in [3.8, 4) is 0 Å². The molecule has 0 aromatic rings. The van der Waals surface area contributed by atoms with Crippen molar-refractivity contribution in [3.05, 3.63) is 34.7 Å². The van der Waals surface area contributed by atoms with Crippen molar-refractivity contribution in [2.45, 2.75) is 280 Å². The number of rotatable bonds is 19. The number of carbonyl (C=O) groups is 2. The highest BCUT2D eigenvalue weighted by atomic mass is 28.5. The molecule has 1 fully saturated rings. The van der Waals surface area contributed by atoms with Crippen LogP contribution in [0.2, 0.25) is 170 Å². The van der Waals surface area contributed by atoms with E-state index in [0.29, 0.717) is 5.57 Å². The zero-order chi connectivity index (χ0) is 53.3. The Morgan fingerprint density at radius 1 is 0.603 bits per heavy atom. The van der Waals surface area contributed by atoms with E-state index >= 15 is 0 Å². The van der Waals surface area contributed by atoms with Crippen LogP contribution in [0.4, 0.5) is 0 Å². The van der Waals surface area contributed by atoms with Crippen molar-refractivity contribution in [3.63, 3.8) is 0 Å². The number of ketones is 1. The van der Waals surface area contributed by atoms with E-state index in [1.54, 1.807) is 13.0 Å². The third-order valence-electron chi connectivity index (χ3n) is 8.49. The van der Waals surface area contributed by atoms with Crippen molar-refractivity contribution in [2.24, 2.45) is 0 Å². The summed E-state index contributed by atoms with van der Waals surface area (Å²) in [6.45, 7) is 64.0. The Hall–Kier alpha value is 0.403. The van der Waals surface area contributed by atoms with Gasteiger partial charge in [0.25, 0.3) is 27.9 Å². The zero-order valence-corrected chi connectivity index (χ0v) is 60.7. The Kier molecular flexibility index (Phi) is 74.4. The van der Waals surface area contributed by atoms with Gasteiger partial charge in [0.05, 0.1) is 0 Å². The number of allylic oxidation sites excluding steroid dienone is 3. The minimum Gasteiger partial charge on any atom is -0.458 e. The van der Waals surface area contributed by atoms with Crippen LogP contribution in [0, 0.1) is 0 Å². The minimum absolute atomic E-state index is 0. The molecule has 0 N–H and O–H groups in total. The van der Waals surface area contributed by atoms with E-state index in [-0.39, 0.29) is 107 Å². The van der Waals surface area contributed by atoms with Gasteiger partial charge in [-0.1, -0.05) is 95.7 Å². The second kappa shape index (κ2) is 49.6. The van der Waals surface area contributed by atoms with Crippen LogP contribution in [-0.2, 0) is 51.7 Å². The van der Waals surface area contributed by atoms with Gasteiger partial charge in [-0.15, -0.1) is 0 Å². The molecule has 0 amide bonds. The quantitative estimate of drug-likeness (QED) is 0.0304. The molecule has 1 aliphatic heterocycles. The highest BCUT2D eigenvalue weighted by Gasteiger charge is 2.37. The Labute approximate surface area is 510 Å². The van der Waals surface area contributed by atoms with E-state index < -0.39 is 110 Å². The summed E-state index contributed by atoms with van der Waals surface area (Å²) in [5.41, 5.74) is 1.61. The number of nitrogens with zero attached hydrogens (tertiary/aromatic N) is 1. The topological polar surface area (TPSA) is 130 Å². The maximum atomic E-state index is 12.4. The van der Waals surface area contributed by atoms with E-state index in [9.17, 15) is 9.59 Å². The molecular weight excluding hydrogens is 1180 g/mol. The van der Waals surface area contributed by atoms with Crippen LogP contribution in [0.25, 0.3) is 0 Å². The molecule has 2 atom stereocenters. The number of Topliss-reactive ketones (excluding diaryl/α,β-unsaturated/α-hetero) is 1. The van der Waals surface area contributed by atoms with Crippen LogP contribution in [0.3, 0.4) is 0 Å².